The first-order valence-electron chi connectivity index (χ1n) is 6.01. The maximum Gasteiger partial charge on any atom is 0.0285 e. The third-order valence-electron chi connectivity index (χ3n) is 2.93. The van der Waals surface area contributed by atoms with E-state index in [1.807, 2.05) is 6.07 Å². The fourth-order valence-electron chi connectivity index (χ4n) is 1.93. The normalized spacial score (nSPS) is 12.6. The highest BCUT2D eigenvalue weighted by Gasteiger charge is 2.09. The van der Waals surface area contributed by atoms with Crippen LogP contribution in [0.25, 0.3) is 0 Å². The van der Waals surface area contributed by atoms with Crippen LogP contribution >= 0.6 is 27.3 Å². The van der Waals surface area contributed by atoms with Crippen molar-refractivity contribution in [2.24, 2.45) is 5.84 Å². The first-order valence-corrected chi connectivity index (χ1v) is 7.68. The van der Waals surface area contributed by atoms with Gasteiger partial charge in [0.15, 0.2) is 0 Å². The molecule has 0 fully saturated rings. The molecule has 96 valence electrons. The molecule has 2 nitrogen and oxygen atoms in total. The number of aryl methyl sites for hydroxylation is 1. The van der Waals surface area contributed by atoms with E-state index in [-0.39, 0.29) is 0 Å². The zero-order valence-corrected chi connectivity index (χ0v) is 12.5. The van der Waals surface area contributed by atoms with Crippen LogP contribution in [0, 0.1) is 0 Å². The molecule has 0 amide bonds. The molecule has 0 aliphatic rings. The maximum absolute atomic E-state index is 5.63. The molecule has 0 aliphatic carbocycles. The Kier molecular flexibility index (Phi) is 5.38. The second-order valence-corrected chi connectivity index (χ2v) is 6.23. The molecule has 0 aliphatic heterocycles. The minimum atomic E-state index is 0.329. The lowest BCUT2D eigenvalue weighted by atomic mass is 10.0. The van der Waals surface area contributed by atoms with Crippen molar-refractivity contribution < 1.29 is 0 Å². The van der Waals surface area contributed by atoms with Gasteiger partial charge in [-0.1, -0.05) is 30.3 Å². The van der Waals surface area contributed by atoms with Crippen LogP contribution in [0.3, 0.4) is 0 Å². The standard InChI is InChI=1S/C14H17BrN2S/c15-12-8-14(18-10-12)9-13(17-16)7-6-11-4-2-1-3-5-11/h1-5,8,10,13,17H,6-7,9,16H2. The lowest BCUT2D eigenvalue weighted by Crippen LogP contribution is -2.36. The molecule has 0 saturated carbocycles. The zero-order valence-electron chi connectivity index (χ0n) is 10.1. The lowest BCUT2D eigenvalue weighted by molar-refractivity contribution is 0.494. The predicted octanol–water partition coefficient (Wildman–Crippen LogP) is 3.52. The van der Waals surface area contributed by atoms with Crippen molar-refractivity contribution in [3.05, 3.63) is 56.7 Å². The number of hydrogen-bond acceptors (Lipinski definition) is 3. The van der Waals surface area contributed by atoms with E-state index in [4.69, 9.17) is 5.84 Å². The first kappa shape index (κ1) is 13.7. The highest BCUT2D eigenvalue weighted by molar-refractivity contribution is 9.10. The smallest absolute Gasteiger partial charge is 0.0285 e. The van der Waals surface area contributed by atoms with E-state index in [9.17, 15) is 0 Å². The Morgan fingerprint density at radius 2 is 2.06 bits per heavy atom. The van der Waals surface area contributed by atoms with Gasteiger partial charge in [0.2, 0.25) is 0 Å². The summed E-state index contributed by atoms with van der Waals surface area (Å²) in [6.45, 7) is 0. The Hall–Kier alpha value is -0.680. The molecule has 0 saturated heterocycles. The number of hydrogen-bond donors (Lipinski definition) is 2. The van der Waals surface area contributed by atoms with Crippen LogP contribution in [0.1, 0.15) is 16.9 Å². The van der Waals surface area contributed by atoms with E-state index < -0.39 is 0 Å². The van der Waals surface area contributed by atoms with E-state index in [0.29, 0.717) is 6.04 Å². The summed E-state index contributed by atoms with van der Waals surface area (Å²) in [5.74, 6) is 5.63. The molecule has 2 rings (SSSR count). The largest absolute Gasteiger partial charge is 0.271 e. The molecule has 0 spiro atoms. The fraction of sp³-hybridized carbons (Fsp3) is 0.286. The highest BCUT2D eigenvalue weighted by atomic mass is 79.9. The quantitative estimate of drug-likeness (QED) is 0.630. The number of benzene rings is 1. The second-order valence-electron chi connectivity index (χ2n) is 4.32. The average Bonchev–Trinajstić information content (AvgIpc) is 2.81. The van der Waals surface area contributed by atoms with Gasteiger partial charge in [0.1, 0.15) is 0 Å². The van der Waals surface area contributed by atoms with E-state index >= 15 is 0 Å². The Bertz CT molecular complexity index is 470. The number of nitrogens with two attached hydrogens (primary N) is 1. The van der Waals surface area contributed by atoms with E-state index in [0.717, 1.165) is 23.7 Å². The van der Waals surface area contributed by atoms with Crippen molar-refractivity contribution in [1.82, 2.24) is 5.43 Å². The lowest BCUT2D eigenvalue weighted by Gasteiger charge is -2.14. The van der Waals surface area contributed by atoms with E-state index in [2.05, 4.69) is 57.1 Å². The summed E-state index contributed by atoms with van der Waals surface area (Å²) in [6.07, 6.45) is 3.10. The van der Waals surface area contributed by atoms with Crippen molar-refractivity contribution in [2.45, 2.75) is 25.3 Å². The summed E-state index contributed by atoms with van der Waals surface area (Å²) < 4.78 is 1.15. The number of hydrazine groups is 1. The molecule has 18 heavy (non-hydrogen) atoms. The molecule has 0 bridgehead atoms. The van der Waals surface area contributed by atoms with E-state index in [1.54, 1.807) is 11.3 Å². The SMILES string of the molecule is NNC(CCc1ccccc1)Cc1cc(Br)cs1. The molecule has 4 heteroatoms. The van der Waals surface area contributed by atoms with Crippen LogP contribution in [-0.2, 0) is 12.8 Å². The fourth-order valence-corrected chi connectivity index (χ4v) is 3.47. The van der Waals surface area contributed by atoms with Gasteiger partial charge in [0.25, 0.3) is 0 Å². The summed E-state index contributed by atoms with van der Waals surface area (Å²) in [6, 6.07) is 13.0. The predicted molar refractivity (Wildman–Crippen MR) is 81.6 cm³/mol. The molecule has 1 aromatic heterocycles. The molecule has 1 unspecified atom stereocenters. The highest BCUT2D eigenvalue weighted by Crippen LogP contribution is 2.21. The van der Waals surface area contributed by atoms with Gasteiger partial charge in [-0.15, -0.1) is 11.3 Å². The van der Waals surface area contributed by atoms with Gasteiger partial charge in [0, 0.05) is 20.8 Å². The van der Waals surface area contributed by atoms with Crippen LogP contribution in [0.15, 0.2) is 46.3 Å². The molecular weight excluding hydrogens is 308 g/mol. The van der Waals surface area contributed by atoms with Crippen LogP contribution in [0.5, 0.6) is 0 Å². The number of nitrogens with one attached hydrogen (secondary N) is 1. The van der Waals surface area contributed by atoms with Gasteiger partial charge in [-0.2, -0.15) is 0 Å². The second kappa shape index (κ2) is 7.04. The molecule has 1 atom stereocenters. The van der Waals surface area contributed by atoms with Crippen molar-refractivity contribution in [1.29, 1.82) is 0 Å². The monoisotopic (exact) mass is 324 g/mol. The molecule has 0 radical (unpaired) electrons. The third kappa shape index (κ3) is 4.21. The van der Waals surface area contributed by atoms with Gasteiger partial charge in [-0.05, 0) is 46.8 Å². The number of thiophene rings is 1. The van der Waals surface area contributed by atoms with Gasteiger partial charge >= 0.3 is 0 Å². The molecule has 1 aromatic carbocycles. The van der Waals surface area contributed by atoms with Crippen molar-refractivity contribution in [3.63, 3.8) is 0 Å². The summed E-state index contributed by atoms with van der Waals surface area (Å²) in [4.78, 5) is 1.36. The molecule has 2 aromatic rings. The summed E-state index contributed by atoms with van der Waals surface area (Å²) in [5, 5.41) is 2.11. The summed E-state index contributed by atoms with van der Waals surface area (Å²) in [7, 11) is 0. The average molecular weight is 325 g/mol. The Labute approximate surface area is 120 Å². The Morgan fingerprint density at radius 3 is 2.67 bits per heavy atom. The van der Waals surface area contributed by atoms with Gasteiger partial charge in [0.05, 0.1) is 0 Å². The van der Waals surface area contributed by atoms with Crippen LogP contribution in [-0.4, -0.2) is 6.04 Å². The topological polar surface area (TPSA) is 38.0 Å². The van der Waals surface area contributed by atoms with Crippen LogP contribution in [0.4, 0.5) is 0 Å². The Morgan fingerprint density at radius 1 is 1.28 bits per heavy atom. The zero-order chi connectivity index (χ0) is 12.8. The minimum absolute atomic E-state index is 0.329. The maximum atomic E-state index is 5.63. The summed E-state index contributed by atoms with van der Waals surface area (Å²) in [5.41, 5.74) is 4.29. The molecular formula is C14H17BrN2S. The third-order valence-corrected chi connectivity index (χ3v) is 4.65. The van der Waals surface area contributed by atoms with Crippen molar-refractivity contribution in [3.8, 4) is 0 Å². The Balaban J connectivity index is 1.86. The number of halogens is 1. The van der Waals surface area contributed by atoms with Gasteiger partial charge < -0.3 is 0 Å². The molecule has 3 N–H and O–H groups in total. The van der Waals surface area contributed by atoms with Crippen LogP contribution < -0.4 is 11.3 Å². The van der Waals surface area contributed by atoms with Crippen LogP contribution in [0.2, 0.25) is 0 Å². The van der Waals surface area contributed by atoms with Crippen molar-refractivity contribution >= 4 is 27.3 Å². The first-order chi connectivity index (χ1) is 8.78. The minimum Gasteiger partial charge on any atom is -0.271 e. The summed E-state index contributed by atoms with van der Waals surface area (Å²) >= 11 is 5.25. The van der Waals surface area contributed by atoms with Crippen molar-refractivity contribution in [2.75, 3.05) is 0 Å². The van der Waals surface area contributed by atoms with Gasteiger partial charge in [-0.25, -0.2) is 0 Å². The van der Waals surface area contributed by atoms with Gasteiger partial charge in [-0.3, -0.25) is 11.3 Å². The number of rotatable bonds is 6. The van der Waals surface area contributed by atoms with E-state index in [1.165, 1.54) is 10.4 Å². The molecule has 1 heterocycles.